The molecule has 3 rings (SSSR count). The number of rotatable bonds is 2. The summed E-state index contributed by atoms with van der Waals surface area (Å²) in [7, 11) is 0. The highest BCUT2D eigenvalue weighted by molar-refractivity contribution is 5.87. The van der Waals surface area contributed by atoms with Gasteiger partial charge in [0.2, 0.25) is 0 Å². The highest BCUT2D eigenvalue weighted by Crippen LogP contribution is 2.35. The first-order valence-corrected chi connectivity index (χ1v) is 6.49. The van der Waals surface area contributed by atoms with E-state index in [4.69, 9.17) is 5.73 Å². The summed E-state index contributed by atoms with van der Waals surface area (Å²) in [4.78, 5) is 4.16. The van der Waals surface area contributed by atoms with Gasteiger partial charge in [-0.2, -0.15) is 5.10 Å². The van der Waals surface area contributed by atoms with Gasteiger partial charge in [-0.3, -0.25) is 5.10 Å². The first kappa shape index (κ1) is 12.4. The summed E-state index contributed by atoms with van der Waals surface area (Å²) >= 11 is 0. The SMILES string of the molecule is Cc1cccc(-c2n[nH]c(C)c2-c2cccnc2N)c1. The molecule has 4 nitrogen and oxygen atoms in total. The molecule has 4 heteroatoms. The average Bonchev–Trinajstić information content (AvgIpc) is 2.81. The highest BCUT2D eigenvalue weighted by atomic mass is 15.1. The number of nitrogens with two attached hydrogens (primary N) is 1. The Bertz CT molecular complexity index is 759. The van der Waals surface area contributed by atoms with Crippen molar-refractivity contribution < 1.29 is 0 Å². The molecule has 20 heavy (non-hydrogen) atoms. The van der Waals surface area contributed by atoms with Crippen molar-refractivity contribution >= 4 is 5.82 Å². The van der Waals surface area contributed by atoms with Crippen LogP contribution in [0.5, 0.6) is 0 Å². The van der Waals surface area contributed by atoms with Gasteiger partial charge < -0.3 is 5.73 Å². The van der Waals surface area contributed by atoms with Crippen LogP contribution in [0.1, 0.15) is 11.3 Å². The zero-order valence-corrected chi connectivity index (χ0v) is 11.5. The number of nitrogens with zero attached hydrogens (tertiary/aromatic N) is 2. The fourth-order valence-electron chi connectivity index (χ4n) is 2.39. The predicted molar refractivity (Wildman–Crippen MR) is 81.1 cm³/mol. The Morgan fingerprint density at radius 1 is 1.10 bits per heavy atom. The lowest BCUT2D eigenvalue weighted by molar-refractivity contribution is 1.05. The van der Waals surface area contributed by atoms with E-state index in [9.17, 15) is 0 Å². The Morgan fingerprint density at radius 2 is 1.95 bits per heavy atom. The Labute approximate surface area is 117 Å². The van der Waals surface area contributed by atoms with E-state index in [1.165, 1.54) is 5.56 Å². The second kappa shape index (κ2) is 4.81. The zero-order chi connectivity index (χ0) is 14.1. The van der Waals surface area contributed by atoms with Crippen LogP contribution in [0.15, 0.2) is 42.6 Å². The minimum absolute atomic E-state index is 0.519. The molecule has 0 unspecified atom stereocenters. The quantitative estimate of drug-likeness (QED) is 0.746. The summed E-state index contributed by atoms with van der Waals surface area (Å²) < 4.78 is 0. The Kier molecular flexibility index (Phi) is 2.99. The van der Waals surface area contributed by atoms with Crippen molar-refractivity contribution in [1.82, 2.24) is 15.2 Å². The third-order valence-corrected chi connectivity index (χ3v) is 3.35. The summed E-state index contributed by atoms with van der Waals surface area (Å²) in [5.41, 5.74) is 12.1. The molecule has 3 aromatic rings. The van der Waals surface area contributed by atoms with Gasteiger partial charge in [0.05, 0.1) is 0 Å². The molecule has 0 atom stereocenters. The van der Waals surface area contributed by atoms with Gasteiger partial charge in [0, 0.05) is 28.6 Å². The molecule has 3 N–H and O–H groups in total. The monoisotopic (exact) mass is 264 g/mol. The van der Waals surface area contributed by atoms with Gasteiger partial charge in [-0.25, -0.2) is 4.98 Å². The molecule has 0 bridgehead atoms. The number of hydrogen-bond donors (Lipinski definition) is 2. The lowest BCUT2D eigenvalue weighted by atomic mass is 9.99. The van der Waals surface area contributed by atoms with Crippen molar-refractivity contribution in [2.75, 3.05) is 5.73 Å². The second-order valence-electron chi connectivity index (χ2n) is 4.88. The van der Waals surface area contributed by atoms with Crippen LogP contribution in [0.25, 0.3) is 22.4 Å². The van der Waals surface area contributed by atoms with E-state index in [1.54, 1.807) is 6.20 Å². The molecule has 0 amide bonds. The van der Waals surface area contributed by atoms with Crippen molar-refractivity contribution in [2.24, 2.45) is 0 Å². The molecule has 2 heterocycles. The number of H-pyrrole nitrogens is 1. The van der Waals surface area contributed by atoms with Gasteiger partial charge in [0.25, 0.3) is 0 Å². The zero-order valence-electron chi connectivity index (χ0n) is 11.5. The minimum Gasteiger partial charge on any atom is -0.383 e. The molecule has 0 fully saturated rings. The number of nitrogen functional groups attached to an aromatic ring is 1. The largest absolute Gasteiger partial charge is 0.383 e. The lowest BCUT2D eigenvalue weighted by Gasteiger charge is -2.07. The van der Waals surface area contributed by atoms with Gasteiger partial charge in [0.15, 0.2) is 0 Å². The molecule has 0 aliphatic rings. The van der Waals surface area contributed by atoms with E-state index >= 15 is 0 Å². The van der Waals surface area contributed by atoms with Crippen LogP contribution in [-0.4, -0.2) is 15.2 Å². The van der Waals surface area contributed by atoms with E-state index in [-0.39, 0.29) is 0 Å². The van der Waals surface area contributed by atoms with Gasteiger partial charge in [0.1, 0.15) is 11.5 Å². The minimum atomic E-state index is 0.519. The Balaban J connectivity index is 2.23. The number of nitrogens with one attached hydrogen (secondary N) is 1. The number of aryl methyl sites for hydroxylation is 2. The Morgan fingerprint density at radius 3 is 2.70 bits per heavy atom. The van der Waals surface area contributed by atoms with Gasteiger partial charge in [-0.05, 0) is 32.0 Å². The first-order valence-electron chi connectivity index (χ1n) is 6.49. The number of pyridine rings is 1. The normalized spacial score (nSPS) is 10.7. The second-order valence-corrected chi connectivity index (χ2v) is 4.88. The molecule has 0 radical (unpaired) electrons. The van der Waals surface area contributed by atoms with Crippen molar-refractivity contribution in [3.63, 3.8) is 0 Å². The molecule has 0 saturated heterocycles. The van der Waals surface area contributed by atoms with E-state index in [2.05, 4.69) is 40.3 Å². The van der Waals surface area contributed by atoms with Crippen LogP contribution >= 0.6 is 0 Å². The molecule has 0 aliphatic carbocycles. The summed E-state index contributed by atoms with van der Waals surface area (Å²) in [6.45, 7) is 4.06. The number of benzene rings is 1. The van der Waals surface area contributed by atoms with E-state index in [0.717, 1.165) is 28.1 Å². The van der Waals surface area contributed by atoms with Crippen LogP contribution in [-0.2, 0) is 0 Å². The summed E-state index contributed by atoms with van der Waals surface area (Å²) in [6, 6.07) is 12.1. The van der Waals surface area contributed by atoms with Crippen LogP contribution in [0.4, 0.5) is 5.82 Å². The third-order valence-electron chi connectivity index (χ3n) is 3.35. The fraction of sp³-hybridized carbons (Fsp3) is 0.125. The fourth-order valence-corrected chi connectivity index (χ4v) is 2.39. The molecule has 0 spiro atoms. The summed E-state index contributed by atoms with van der Waals surface area (Å²) in [5, 5.41) is 7.48. The molecule has 0 saturated carbocycles. The molecular formula is C16H16N4. The highest BCUT2D eigenvalue weighted by Gasteiger charge is 2.16. The van der Waals surface area contributed by atoms with Gasteiger partial charge in [-0.15, -0.1) is 0 Å². The van der Waals surface area contributed by atoms with Gasteiger partial charge >= 0.3 is 0 Å². The van der Waals surface area contributed by atoms with E-state index in [0.29, 0.717) is 5.82 Å². The maximum atomic E-state index is 6.00. The smallest absolute Gasteiger partial charge is 0.131 e. The van der Waals surface area contributed by atoms with Crippen LogP contribution in [0.2, 0.25) is 0 Å². The number of aromatic amines is 1. The summed E-state index contributed by atoms with van der Waals surface area (Å²) in [6.07, 6.45) is 1.70. The maximum Gasteiger partial charge on any atom is 0.131 e. The number of aromatic nitrogens is 3. The van der Waals surface area contributed by atoms with Crippen molar-refractivity contribution in [3.8, 4) is 22.4 Å². The van der Waals surface area contributed by atoms with Crippen molar-refractivity contribution in [1.29, 1.82) is 0 Å². The Hall–Kier alpha value is -2.62. The lowest BCUT2D eigenvalue weighted by Crippen LogP contribution is -1.94. The summed E-state index contributed by atoms with van der Waals surface area (Å²) in [5.74, 6) is 0.519. The van der Waals surface area contributed by atoms with Gasteiger partial charge in [-0.1, -0.05) is 23.8 Å². The molecule has 1 aromatic carbocycles. The van der Waals surface area contributed by atoms with Crippen LogP contribution < -0.4 is 5.73 Å². The number of anilines is 1. The number of hydrogen-bond acceptors (Lipinski definition) is 3. The van der Waals surface area contributed by atoms with Crippen LogP contribution in [0.3, 0.4) is 0 Å². The van der Waals surface area contributed by atoms with E-state index in [1.807, 2.05) is 25.1 Å². The molecular weight excluding hydrogens is 248 g/mol. The standard InChI is InChI=1S/C16H16N4/c1-10-5-3-6-12(9-10)15-14(11(2)19-20-15)13-7-4-8-18-16(13)17/h3-9H,1-2H3,(H2,17,18)(H,19,20). The molecule has 2 aromatic heterocycles. The van der Waals surface area contributed by atoms with Crippen molar-refractivity contribution in [3.05, 3.63) is 53.9 Å². The molecule has 100 valence electrons. The topological polar surface area (TPSA) is 67.6 Å². The first-order chi connectivity index (χ1) is 9.66. The van der Waals surface area contributed by atoms with Crippen LogP contribution in [0, 0.1) is 13.8 Å². The predicted octanol–water partition coefficient (Wildman–Crippen LogP) is 3.34. The maximum absolute atomic E-state index is 6.00. The van der Waals surface area contributed by atoms with Crippen molar-refractivity contribution in [2.45, 2.75) is 13.8 Å². The third kappa shape index (κ3) is 2.05. The van der Waals surface area contributed by atoms with E-state index < -0.39 is 0 Å². The molecule has 0 aliphatic heterocycles. The average molecular weight is 264 g/mol.